The number of benzene rings is 2. The van der Waals surface area contributed by atoms with Crippen LogP contribution in [0.5, 0.6) is 0 Å². The summed E-state index contributed by atoms with van der Waals surface area (Å²) in [6.07, 6.45) is 2.26. The summed E-state index contributed by atoms with van der Waals surface area (Å²) in [6, 6.07) is 16.8. The van der Waals surface area contributed by atoms with Crippen molar-refractivity contribution in [3.05, 3.63) is 71.4 Å². The van der Waals surface area contributed by atoms with Crippen molar-refractivity contribution in [2.45, 2.75) is 13.0 Å². The van der Waals surface area contributed by atoms with E-state index in [-0.39, 0.29) is 23.7 Å². The predicted molar refractivity (Wildman–Crippen MR) is 105 cm³/mol. The second-order valence-corrected chi connectivity index (χ2v) is 7.10. The highest BCUT2D eigenvalue weighted by atomic mass is 35.5. The fourth-order valence-corrected chi connectivity index (χ4v) is 3.25. The van der Waals surface area contributed by atoms with Crippen LogP contribution in [-0.4, -0.2) is 16.8 Å². The van der Waals surface area contributed by atoms with Gasteiger partial charge in [-0.3, -0.25) is 14.6 Å². The molecule has 2 N–H and O–H groups in total. The number of carbonyl (C=O) groups excluding carboxylic acids is 2. The van der Waals surface area contributed by atoms with E-state index in [1.54, 1.807) is 18.3 Å². The number of rotatable bonds is 5. The first-order valence-corrected chi connectivity index (χ1v) is 9.16. The molecule has 5 nitrogen and oxygen atoms in total. The van der Waals surface area contributed by atoms with Crippen molar-refractivity contribution >= 4 is 40.0 Å². The Balaban J connectivity index is 1.34. The molecular weight excluding hydrogens is 362 g/mol. The molecule has 27 heavy (non-hydrogen) atoms. The van der Waals surface area contributed by atoms with Gasteiger partial charge in [0, 0.05) is 23.2 Å². The monoisotopic (exact) mass is 379 g/mol. The summed E-state index contributed by atoms with van der Waals surface area (Å²) in [7, 11) is 0. The van der Waals surface area contributed by atoms with Gasteiger partial charge < -0.3 is 10.6 Å². The van der Waals surface area contributed by atoms with Gasteiger partial charge >= 0.3 is 0 Å². The van der Waals surface area contributed by atoms with Crippen molar-refractivity contribution in [3.63, 3.8) is 0 Å². The lowest BCUT2D eigenvalue weighted by Gasteiger charge is -2.08. The first-order chi connectivity index (χ1) is 13.1. The number of nitrogens with one attached hydrogen (secondary N) is 2. The third kappa shape index (κ3) is 3.93. The SMILES string of the molecule is O=C(NCc1ccc(Cl)cc1)C1CC1C(=O)Nc1cccc2cccnc12. The minimum absolute atomic E-state index is 0.0962. The molecule has 136 valence electrons. The number of aromatic nitrogens is 1. The maximum atomic E-state index is 12.5. The Kier molecular flexibility index (Phi) is 4.77. The van der Waals surface area contributed by atoms with Crippen LogP contribution < -0.4 is 10.6 Å². The number of hydrogen-bond acceptors (Lipinski definition) is 3. The zero-order valence-electron chi connectivity index (χ0n) is 14.5. The van der Waals surface area contributed by atoms with Crippen LogP contribution >= 0.6 is 11.6 Å². The number of fused-ring (bicyclic) bond motifs is 1. The molecule has 6 heteroatoms. The van der Waals surface area contributed by atoms with E-state index < -0.39 is 0 Å². The standard InChI is InChI=1S/C21H18ClN3O2/c22-15-8-6-13(7-9-15)12-24-20(26)16-11-17(16)21(27)25-18-5-1-3-14-4-2-10-23-19(14)18/h1-10,16-17H,11-12H2,(H,24,26)(H,25,27). The van der Waals surface area contributed by atoms with E-state index in [1.807, 2.05) is 42.5 Å². The third-order valence-electron chi connectivity index (χ3n) is 4.73. The second-order valence-electron chi connectivity index (χ2n) is 6.66. The molecule has 3 aromatic rings. The maximum absolute atomic E-state index is 12.5. The molecule has 1 aliphatic rings. The lowest BCUT2D eigenvalue weighted by atomic mass is 10.2. The Morgan fingerprint density at radius 2 is 1.74 bits per heavy atom. The molecule has 1 heterocycles. The van der Waals surface area contributed by atoms with Crippen LogP contribution in [0, 0.1) is 11.8 Å². The highest BCUT2D eigenvalue weighted by molar-refractivity contribution is 6.30. The van der Waals surface area contributed by atoms with Gasteiger partial charge in [-0.05, 0) is 36.2 Å². The first-order valence-electron chi connectivity index (χ1n) is 8.78. The van der Waals surface area contributed by atoms with E-state index in [4.69, 9.17) is 11.6 Å². The van der Waals surface area contributed by atoms with Crippen molar-refractivity contribution in [2.75, 3.05) is 5.32 Å². The van der Waals surface area contributed by atoms with Gasteiger partial charge in [0.2, 0.25) is 11.8 Å². The van der Waals surface area contributed by atoms with Gasteiger partial charge in [-0.1, -0.05) is 41.9 Å². The topological polar surface area (TPSA) is 71.1 Å². The molecule has 1 saturated carbocycles. The molecule has 1 aromatic heterocycles. The van der Waals surface area contributed by atoms with Crippen molar-refractivity contribution in [1.82, 2.24) is 10.3 Å². The quantitative estimate of drug-likeness (QED) is 0.708. The minimum atomic E-state index is -0.297. The van der Waals surface area contributed by atoms with Crippen LogP contribution in [0.3, 0.4) is 0 Å². The normalized spacial score (nSPS) is 18.1. The lowest BCUT2D eigenvalue weighted by molar-refractivity contribution is -0.125. The molecule has 1 aliphatic carbocycles. The minimum Gasteiger partial charge on any atom is -0.352 e. The summed E-state index contributed by atoms with van der Waals surface area (Å²) in [5.41, 5.74) is 2.39. The molecule has 2 amide bonds. The number of nitrogens with zero attached hydrogens (tertiary/aromatic N) is 1. The zero-order valence-corrected chi connectivity index (χ0v) is 15.2. The molecule has 0 spiro atoms. The number of anilines is 1. The van der Waals surface area contributed by atoms with Crippen LogP contribution in [-0.2, 0) is 16.1 Å². The number of carbonyl (C=O) groups is 2. The van der Waals surface area contributed by atoms with E-state index >= 15 is 0 Å². The Hall–Kier alpha value is -2.92. The number of hydrogen-bond donors (Lipinski definition) is 2. The smallest absolute Gasteiger partial charge is 0.228 e. The molecule has 2 atom stereocenters. The van der Waals surface area contributed by atoms with Gasteiger partial charge in [0.1, 0.15) is 0 Å². The lowest BCUT2D eigenvalue weighted by Crippen LogP contribution is -2.27. The highest BCUT2D eigenvalue weighted by Gasteiger charge is 2.48. The Labute approximate surface area is 161 Å². The van der Waals surface area contributed by atoms with Gasteiger partial charge in [0.15, 0.2) is 0 Å². The average Bonchev–Trinajstić information content (AvgIpc) is 3.49. The van der Waals surface area contributed by atoms with Crippen molar-refractivity contribution in [2.24, 2.45) is 11.8 Å². The summed E-state index contributed by atoms with van der Waals surface area (Å²) in [4.78, 5) is 29.1. The molecular formula is C21H18ClN3O2. The highest BCUT2D eigenvalue weighted by Crippen LogP contribution is 2.40. The van der Waals surface area contributed by atoms with Crippen LogP contribution in [0.25, 0.3) is 10.9 Å². The van der Waals surface area contributed by atoms with Crippen molar-refractivity contribution < 1.29 is 9.59 Å². The van der Waals surface area contributed by atoms with Gasteiger partial charge in [0.25, 0.3) is 0 Å². The summed E-state index contributed by atoms with van der Waals surface area (Å²) >= 11 is 5.86. The molecule has 0 aliphatic heterocycles. The zero-order chi connectivity index (χ0) is 18.8. The van der Waals surface area contributed by atoms with Gasteiger partial charge in [-0.2, -0.15) is 0 Å². The van der Waals surface area contributed by atoms with Gasteiger partial charge in [0.05, 0.1) is 23.0 Å². The fourth-order valence-electron chi connectivity index (χ4n) is 3.13. The molecule has 4 rings (SSSR count). The molecule has 1 fully saturated rings. The number of amides is 2. The molecule has 0 radical (unpaired) electrons. The number of halogens is 1. The Morgan fingerprint density at radius 3 is 2.56 bits per heavy atom. The van der Waals surface area contributed by atoms with Crippen molar-refractivity contribution in [1.29, 1.82) is 0 Å². The largest absolute Gasteiger partial charge is 0.352 e. The summed E-state index contributed by atoms with van der Waals surface area (Å²) in [5, 5.41) is 7.42. The predicted octanol–water partition coefficient (Wildman–Crippen LogP) is 3.78. The molecule has 2 aromatic carbocycles. The Bertz CT molecular complexity index is 998. The summed E-state index contributed by atoms with van der Waals surface area (Å²) < 4.78 is 0. The van der Waals surface area contributed by atoms with E-state index in [0.29, 0.717) is 23.7 Å². The summed E-state index contributed by atoms with van der Waals surface area (Å²) in [6.45, 7) is 0.425. The van der Waals surface area contributed by atoms with Gasteiger partial charge in [-0.25, -0.2) is 0 Å². The molecule has 0 saturated heterocycles. The second kappa shape index (κ2) is 7.37. The van der Waals surface area contributed by atoms with Gasteiger partial charge in [-0.15, -0.1) is 0 Å². The first kappa shape index (κ1) is 17.5. The number of pyridine rings is 1. The Morgan fingerprint density at radius 1 is 1.00 bits per heavy atom. The third-order valence-corrected chi connectivity index (χ3v) is 4.99. The maximum Gasteiger partial charge on any atom is 0.228 e. The van der Waals surface area contributed by atoms with Crippen LogP contribution in [0.4, 0.5) is 5.69 Å². The van der Waals surface area contributed by atoms with Crippen LogP contribution in [0.1, 0.15) is 12.0 Å². The fraction of sp³-hybridized carbons (Fsp3) is 0.190. The van der Waals surface area contributed by atoms with E-state index in [1.165, 1.54) is 0 Å². The van der Waals surface area contributed by atoms with Crippen LogP contribution in [0.2, 0.25) is 5.02 Å². The summed E-state index contributed by atoms with van der Waals surface area (Å²) in [5.74, 6) is -0.810. The number of para-hydroxylation sites is 1. The van der Waals surface area contributed by atoms with Crippen LogP contribution in [0.15, 0.2) is 60.8 Å². The average molecular weight is 380 g/mol. The van der Waals surface area contributed by atoms with E-state index in [0.717, 1.165) is 16.5 Å². The molecule has 0 bridgehead atoms. The van der Waals surface area contributed by atoms with E-state index in [2.05, 4.69) is 15.6 Å². The van der Waals surface area contributed by atoms with Crippen molar-refractivity contribution in [3.8, 4) is 0 Å². The van der Waals surface area contributed by atoms with E-state index in [9.17, 15) is 9.59 Å². The molecule has 2 unspecified atom stereocenters.